The van der Waals surface area contributed by atoms with Crippen molar-refractivity contribution in [2.45, 2.75) is 56.9 Å². The highest BCUT2D eigenvalue weighted by molar-refractivity contribution is 7.86. The Morgan fingerprint density at radius 1 is 1.26 bits per heavy atom. The summed E-state index contributed by atoms with van der Waals surface area (Å²) in [6.45, 7) is 9.03. The smallest absolute Gasteiger partial charge is 0.408 e. The van der Waals surface area contributed by atoms with Crippen LogP contribution < -0.4 is 10.0 Å². The molecular formula is C19H26N2O4S2. The van der Waals surface area contributed by atoms with Crippen LogP contribution in [0.25, 0.3) is 10.1 Å². The number of carbonyl (C=O) groups is 2. The van der Waals surface area contributed by atoms with E-state index in [0.29, 0.717) is 10.6 Å². The average Bonchev–Trinajstić information content (AvgIpc) is 3.01. The zero-order valence-electron chi connectivity index (χ0n) is 16.2. The van der Waals surface area contributed by atoms with Crippen molar-refractivity contribution in [1.82, 2.24) is 10.0 Å². The van der Waals surface area contributed by atoms with Crippen molar-refractivity contribution < 1.29 is 18.5 Å². The van der Waals surface area contributed by atoms with Crippen LogP contribution in [-0.4, -0.2) is 27.9 Å². The van der Waals surface area contributed by atoms with Crippen LogP contribution in [0.4, 0.5) is 4.79 Å². The van der Waals surface area contributed by atoms with Crippen molar-refractivity contribution in [2.75, 3.05) is 0 Å². The van der Waals surface area contributed by atoms with Crippen molar-refractivity contribution >= 4 is 44.4 Å². The number of ether oxygens (including phenoxy) is 1. The molecule has 0 spiro atoms. The highest BCUT2D eigenvalue weighted by Crippen LogP contribution is 2.27. The zero-order chi connectivity index (χ0) is 20.2. The van der Waals surface area contributed by atoms with Gasteiger partial charge in [-0.05, 0) is 44.2 Å². The fourth-order valence-corrected chi connectivity index (χ4v) is 4.53. The summed E-state index contributed by atoms with van der Waals surface area (Å²) in [6.07, 6.45) is -0.000699. The number of hydrogen-bond donors (Lipinski definition) is 2. The molecule has 6 nitrogen and oxygen atoms in total. The first-order chi connectivity index (χ1) is 12.6. The van der Waals surface area contributed by atoms with Crippen LogP contribution in [0.2, 0.25) is 0 Å². The van der Waals surface area contributed by atoms with Crippen LogP contribution in [0.15, 0.2) is 34.5 Å². The molecule has 8 heteroatoms. The van der Waals surface area contributed by atoms with E-state index in [1.165, 1.54) is 11.3 Å². The largest absolute Gasteiger partial charge is 0.444 e. The second-order valence-electron chi connectivity index (χ2n) is 7.35. The molecule has 0 bridgehead atoms. The van der Waals surface area contributed by atoms with Crippen molar-refractivity contribution in [2.24, 2.45) is 5.92 Å². The number of amides is 2. The van der Waals surface area contributed by atoms with Gasteiger partial charge in [0.05, 0.1) is 0 Å². The lowest BCUT2D eigenvalue weighted by atomic mass is 9.99. The molecule has 2 aromatic rings. The maximum Gasteiger partial charge on any atom is 0.408 e. The standard InChI is InChI=1S/C19H26N2O4S2/c1-6-12(2)16(20-18(23)25-19(3,4)5)17(22)21-27(24)15-11-13-9-7-8-10-14(13)26-15/h7-12,16H,6H2,1-5H3,(H,20,23)(H,21,22)/t12-,16-,27?/m0/s1. The average molecular weight is 411 g/mol. The third-order valence-corrected chi connectivity index (χ3v) is 6.43. The normalized spacial score (nSPS) is 15.0. The number of thiophene rings is 1. The van der Waals surface area contributed by atoms with Gasteiger partial charge in [0, 0.05) is 4.70 Å². The molecule has 2 amide bonds. The number of fused-ring (bicyclic) bond motifs is 1. The van der Waals surface area contributed by atoms with Crippen LogP contribution in [0, 0.1) is 5.92 Å². The van der Waals surface area contributed by atoms with Crippen LogP contribution >= 0.6 is 11.3 Å². The first-order valence-corrected chi connectivity index (χ1v) is 10.8. The van der Waals surface area contributed by atoms with Crippen molar-refractivity contribution in [3.05, 3.63) is 30.3 Å². The van der Waals surface area contributed by atoms with Gasteiger partial charge < -0.3 is 10.1 Å². The van der Waals surface area contributed by atoms with Crippen LogP contribution in [-0.2, 0) is 20.5 Å². The summed E-state index contributed by atoms with van der Waals surface area (Å²) in [5.74, 6) is -0.636. The fraction of sp³-hybridized carbons (Fsp3) is 0.474. The summed E-state index contributed by atoms with van der Waals surface area (Å²) < 4.78 is 21.9. The maximum absolute atomic E-state index is 12.7. The summed E-state index contributed by atoms with van der Waals surface area (Å²) in [6, 6.07) is 8.66. The van der Waals surface area contributed by atoms with E-state index in [4.69, 9.17) is 4.74 Å². The van der Waals surface area contributed by atoms with Gasteiger partial charge in [-0.1, -0.05) is 38.5 Å². The molecule has 0 saturated heterocycles. The van der Waals surface area contributed by atoms with E-state index in [1.54, 1.807) is 26.8 Å². The Labute approximate surface area is 166 Å². The maximum atomic E-state index is 12.7. The van der Waals surface area contributed by atoms with Gasteiger partial charge in [0.1, 0.15) is 15.9 Å². The number of hydrogen-bond acceptors (Lipinski definition) is 5. The van der Waals surface area contributed by atoms with Crippen LogP contribution in [0.5, 0.6) is 0 Å². The minimum Gasteiger partial charge on any atom is -0.444 e. The Morgan fingerprint density at radius 3 is 2.52 bits per heavy atom. The van der Waals surface area contributed by atoms with Crippen LogP contribution in [0.3, 0.4) is 0 Å². The minimum atomic E-state index is -1.69. The number of rotatable bonds is 6. The molecule has 1 heterocycles. The minimum absolute atomic E-state index is 0.142. The van der Waals surface area contributed by atoms with Gasteiger partial charge in [0.2, 0.25) is 0 Å². The lowest BCUT2D eigenvalue weighted by molar-refractivity contribution is -0.122. The third kappa shape index (κ3) is 6.04. The highest BCUT2D eigenvalue weighted by atomic mass is 32.2. The molecule has 0 aliphatic rings. The lowest BCUT2D eigenvalue weighted by Gasteiger charge is -2.26. The monoisotopic (exact) mass is 410 g/mol. The zero-order valence-corrected chi connectivity index (χ0v) is 17.8. The van der Waals surface area contributed by atoms with E-state index < -0.39 is 34.6 Å². The number of benzene rings is 1. The van der Waals surface area contributed by atoms with Gasteiger partial charge in [-0.3, -0.25) is 9.52 Å². The molecule has 0 aliphatic heterocycles. The van der Waals surface area contributed by atoms with E-state index in [0.717, 1.165) is 10.1 Å². The Hall–Kier alpha value is -1.93. The second kappa shape index (κ2) is 8.84. The summed E-state index contributed by atoms with van der Waals surface area (Å²) >= 11 is 1.37. The molecule has 1 aromatic carbocycles. The predicted molar refractivity (Wildman–Crippen MR) is 109 cm³/mol. The SMILES string of the molecule is CC[C@H](C)[C@H](NC(=O)OC(C)(C)C)C(=O)NS(=O)c1cc2ccccc2s1. The first-order valence-electron chi connectivity index (χ1n) is 8.81. The Bertz CT molecular complexity index is 809. The summed E-state index contributed by atoms with van der Waals surface area (Å²) in [5, 5.41) is 3.58. The van der Waals surface area contributed by atoms with Gasteiger partial charge >= 0.3 is 6.09 Å². The molecule has 27 heavy (non-hydrogen) atoms. The van der Waals surface area contributed by atoms with E-state index in [9.17, 15) is 13.8 Å². The molecule has 0 radical (unpaired) electrons. The summed E-state index contributed by atoms with van der Waals surface area (Å²) in [5.41, 5.74) is -0.666. The molecule has 1 unspecified atom stereocenters. The molecule has 1 aromatic heterocycles. The van der Waals surface area contributed by atoms with E-state index >= 15 is 0 Å². The Morgan fingerprint density at radius 2 is 1.93 bits per heavy atom. The molecule has 0 saturated carbocycles. The molecule has 148 valence electrons. The van der Waals surface area contributed by atoms with Gasteiger partial charge in [-0.15, -0.1) is 11.3 Å². The second-order valence-corrected chi connectivity index (χ2v) is 9.87. The quantitative estimate of drug-likeness (QED) is 0.754. The molecule has 0 fully saturated rings. The van der Waals surface area contributed by atoms with Crippen LogP contribution in [0.1, 0.15) is 41.0 Å². The summed E-state index contributed by atoms with van der Waals surface area (Å²) in [7, 11) is -1.69. The summed E-state index contributed by atoms with van der Waals surface area (Å²) in [4.78, 5) is 24.8. The molecular weight excluding hydrogens is 384 g/mol. The first kappa shape index (κ1) is 21.4. The Balaban J connectivity index is 2.10. The van der Waals surface area contributed by atoms with E-state index in [-0.39, 0.29) is 5.92 Å². The van der Waals surface area contributed by atoms with Gasteiger partial charge in [0.15, 0.2) is 11.0 Å². The third-order valence-electron chi connectivity index (χ3n) is 3.95. The van der Waals surface area contributed by atoms with Gasteiger partial charge in [0.25, 0.3) is 5.91 Å². The van der Waals surface area contributed by atoms with Crippen molar-refractivity contribution in [3.8, 4) is 0 Å². The number of nitrogens with one attached hydrogen (secondary N) is 2. The van der Waals surface area contributed by atoms with Crippen molar-refractivity contribution in [1.29, 1.82) is 0 Å². The molecule has 2 rings (SSSR count). The molecule has 3 atom stereocenters. The molecule has 0 aliphatic carbocycles. The number of alkyl carbamates (subject to hydrolysis) is 1. The van der Waals surface area contributed by atoms with Gasteiger partial charge in [-0.2, -0.15) is 0 Å². The number of carbonyl (C=O) groups excluding carboxylic acids is 2. The topological polar surface area (TPSA) is 84.5 Å². The van der Waals surface area contributed by atoms with E-state index in [1.807, 2.05) is 38.1 Å². The lowest BCUT2D eigenvalue weighted by Crippen LogP contribution is -2.51. The van der Waals surface area contributed by atoms with E-state index in [2.05, 4.69) is 10.0 Å². The highest BCUT2D eigenvalue weighted by Gasteiger charge is 2.29. The fourth-order valence-electron chi connectivity index (χ4n) is 2.39. The predicted octanol–water partition coefficient (Wildman–Crippen LogP) is 3.98. The van der Waals surface area contributed by atoms with Gasteiger partial charge in [-0.25, -0.2) is 9.00 Å². The van der Waals surface area contributed by atoms with Crippen molar-refractivity contribution in [3.63, 3.8) is 0 Å². The molecule has 2 N–H and O–H groups in total. The Kier molecular flexibility index (Phi) is 7.00.